The van der Waals surface area contributed by atoms with E-state index < -0.39 is 0 Å². The van der Waals surface area contributed by atoms with Gasteiger partial charge < -0.3 is 5.11 Å². The van der Waals surface area contributed by atoms with E-state index in [0.717, 1.165) is 17.8 Å². The first-order valence-electron chi connectivity index (χ1n) is 5.70. The number of rotatable bonds is 2. The maximum Gasteiger partial charge on any atom is 0.0543 e. The van der Waals surface area contributed by atoms with Crippen molar-refractivity contribution in [2.75, 3.05) is 0 Å². The van der Waals surface area contributed by atoms with Gasteiger partial charge in [-0.3, -0.25) is 0 Å². The standard InChI is InChI=1S/C12H24O/c1-8(2)11-6-5-9(3)7-12(11)10(4)13/h8-13H,5-7H2,1-4H3/t9-,10?,11-,12+/m1/s1. The lowest BCUT2D eigenvalue weighted by Gasteiger charge is -2.39. The zero-order chi connectivity index (χ0) is 10.0. The summed E-state index contributed by atoms with van der Waals surface area (Å²) in [5.41, 5.74) is 0. The number of aliphatic hydroxyl groups excluding tert-OH is 1. The molecule has 1 aliphatic carbocycles. The van der Waals surface area contributed by atoms with Crippen molar-refractivity contribution in [3.63, 3.8) is 0 Å². The van der Waals surface area contributed by atoms with Gasteiger partial charge in [-0.05, 0) is 43.4 Å². The molecule has 0 amide bonds. The van der Waals surface area contributed by atoms with Crippen LogP contribution in [0.2, 0.25) is 0 Å². The highest BCUT2D eigenvalue weighted by Crippen LogP contribution is 2.39. The van der Waals surface area contributed by atoms with E-state index in [1.165, 1.54) is 19.3 Å². The molecule has 4 atom stereocenters. The molecule has 1 N–H and O–H groups in total. The molecule has 0 aromatic rings. The molecule has 0 bridgehead atoms. The Hall–Kier alpha value is -0.0400. The van der Waals surface area contributed by atoms with Crippen molar-refractivity contribution in [3.8, 4) is 0 Å². The summed E-state index contributed by atoms with van der Waals surface area (Å²) in [5, 5.41) is 9.71. The van der Waals surface area contributed by atoms with Crippen molar-refractivity contribution >= 4 is 0 Å². The minimum atomic E-state index is -0.116. The fraction of sp³-hybridized carbons (Fsp3) is 1.00. The van der Waals surface area contributed by atoms with Gasteiger partial charge in [-0.2, -0.15) is 0 Å². The fourth-order valence-electron chi connectivity index (χ4n) is 2.83. The second-order valence-corrected chi connectivity index (χ2v) is 5.23. The Labute approximate surface area is 82.5 Å². The molecule has 1 unspecified atom stereocenters. The van der Waals surface area contributed by atoms with Crippen LogP contribution >= 0.6 is 0 Å². The quantitative estimate of drug-likeness (QED) is 0.699. The van der Waals surface area contributed by atoms with Gasteiger partial charge in [0, 0.05) is 0 Å². The minimum Gasteiger partial charge on any atom is -0.393 e. The zero-order valence-electron chi connectivity index (χ0n) is 9.46. The molecule has 13 heavy (non-hydrogen) atoms. The summed E-state index contributed by atoms with van der Waals surface area (Å²) in [6.07, 6.45) is 3.77. The predicted molar refractivity (Wildman–Crippen MR) is 56.5 cm³/mol. The molecule has 1 heteroatoms. The Kier molecular flexibility index (Phi) is 3.78. The number of aliphatic hydroxyl groups is 1. The van der Waals surface area contributed by atoms with Gasteiger partial charge in [0.2, 0.25) is 0 Å². The Morgan fingerprint density at radius 3 is 2.15 bits per heavy atom. The van der Waals surface area contributed by atoms with Crippen molar-refractivity contribution in [2.24, 2.45) is 23.7 Å². The molecular formula is C12H24O. The van der Waals surface area contributed by atoms with Crippen LogP contribution in [0.4, 0.5) is 0 Å². The maximum atomic E-state index is 9.71. The Balaban J connectivity index is 2.60. The molecule has 0 spiro atoms. The summed E-state index contributed by atoms with van der Waals surface area (Å²) >= 11 is 0. The first-order chi connectivity index (χ1) is 6.02. The Morgan fingerprint density at radius 2 is 1.69 bits per heavy atom. The summed E-state index contributed by atoms with van der Waals surface area (Å²) in [6.45, 7) is 8.84. The predicted octanol–water partition coefficient (Wildman–Crippen LogP) is 3.08. The van der Waals surface area contributed by atoms with Crippen molar-refractivity contribution < 1.29 is 5.11 Å². The monoisotopic (exact) mass is 184 g/mol. The molecule has 1 fully saturated rings. The average molecular weight is 184 g/mol. The number of hydrogen-bond donors (Lipinski definition) is 1. The van der Waals surface area contributed by atoms with Gasteiger partial charge >= 0.3 is 0 Å². The molecule has 0 aliphatic heterocycles. The Morgan fingerprint density at radius 1 is 1.08 bits per heavy atom. The van der Waals surface area contributed by atoms with Crippen molar-refractivity contribution in [3.05, 3.63) is 0 Å². The summed E-state index contributed by atoms with van der Waals surface area (Å²) in [6, 6.07) is 0. The Bertz CT molecular complexity index is 151. The van der Waals surface area contributed by atoms with E-state index in [4.69, 9.17) is 0 Å². The third kappa shape index (κ3) is 2.70. The molecule has 0 radical (unpaired) electrons. The molecule has 1 nitrogen and oxygen atoms in total. The van der Waals surface area contributed by atoms with Crippen LogP contribution in [0.1, 0.15) is 47.0 Å². The highest BCUT2D eigenvalue weighted by Gasteiger charge is 2.33. The fourth-order valence-corrected chi connectivity index (χ4v) is 2.83. The van der Waals surface area contributed by atoms with Crippen LogP contribution in [0.25, 0.3) is 0 Å². The van der Waals surface area contributed by atoms with Crippen LogP contribution in [0.3, 0.4) is 0 Å². The first kappa shape index (κ1) is 11.0. The minimum absolute atomic E-state index is 0.116. The van der Waals surface area contributed by atoms with Crippen LogP contribution in [0.5, 0.6) is 0 Å². The van der Waals surface area contributed by atoms with Gasteiger partial charge in [-0.25, -0.2) is 0 Å². The average Bonchev–Trinajstić information content (AvgIpc) is 2.03. The zero-order valence-corrected chi connectivity index (χ0v) is 9.46. The highest BCUT2D eigenvalue weighted by molar-refractivity contribution is 4.83. The van der Waals surface area contributed by atoms with E-state index in [1.54, 1.807) is 0 Å². The van der Waals surface area contributed by atoms with Gasteiger partial charge in [0.25, 0.3) is 0 Å². The van der Waals surface area contributed by atoms with Crippen LogP contribution in [0, 0.1) is 23.7 Å². The topological polar surface area (TPSA) is 20.2 Å². The normalized spacial score (nSPS) is 37.8. The van der Waals surface area contributed by atoms with Gasteiger partial charge in [0.1, 0.15) is 0 Å². The van der Waals surface area contributed by atoms with Gasteiger partial charge in [0.15, 0.2) is 0 Å². The van der Waals surface area contributed by atoms with Crippen LogP contribution in [-0.2, 0) is 0 Å². The summed E-state index contributed by atoms with van der Waals surface area (Å²) in [5.74, 6) is 2.83. The molecular weight excluding hydrogens is 160 g/mol. The van der Waals surface area contributed by atoms with Crippen molar-refractivity contribution in [1.29, 1.82) is 0 Å². The largest absolute Gasteiger partial charge is 0.393 e. The smallest absolute Gasteiger partial charge is 0.0543 e. The molecule has 78 valence electrons. The van der Waals surface area contributed by atoms with E-state index in [-0.39, 0.29) is 6.10 Å². The van der Waals surface area contributed by atoms with Crippen LogP contribution < -0.4 is 0 Å². The van der Waals surface area contributed by atoms with Crippen molar-refractivity contribution in [2.45, 2.75) is 53.1 Å². The maximum absolute atomic E-state index is 9.71. The molecule has 0 heterocycles. The summed E-state index contributed by atoms with van der Waals surface area (Å²) in [4.78, 5) is 0. The second-order valence-electron chi connectivity index (χ2n) is 5.23. The first-order valence-corrected chi connectivity index (χ1v) is 5.70. The van der Waals surface area contributed by atoms with E-state index in [2.05, 4.69) is 20.8 Å². The van der Waals surface area contributed by atoms with Gasteiger partial charge in [-0.1, -0.05) is 27.2 Å². The summed E-state index contributed by atoms with van der Waals surface area (Å²) in [7, 11) is 0. The second kappa shape index (κ2) is 4.45. The van der Waals surface area contributed by atoms with Gasteiger partial charge in [0.05, 0.1) is 6.10 Å². The third-order valence-corrected chi connectivity index (χ3v) is 3.69. The molecule has 0 aromatic heterocycles. The summed E-state index contributed by atoms with van der Waals surface area (Å²) < 4.78 is 0. The molecule has 0 aromatic carbocycles. The molecule has 1 aliphatic rings. The van der Waals surface area contributed by atoms with E-state index >= 15 is 0 Å². The van der Waals surface area contributed by atoms with E-state index in [9.17, 15) is 5.11 Å². The lowest BCUT2D eigenvalue weighted by Crippen LogP contribution is -2.34. The van der Waals surface area contributed by atoms with E-state index in [1.807, 2.05) is 6.92 Å². The SMILES string of the molecule is CC(C)[C@H]1CC[C@@H](C)C[C@H]1C(C)O. The van der Waals surface area contributed by atoms with E-state index in [0.29, 0.717) is 5.92 Å². The third-order valence-electron chi connectivity index (χ3n) is 3.69. The van der Waals surface area contributed by atoms with Crippen LogP contribution in [-0.4, -0.2) is 11.2 Å². The van der Waals surface area contributed by atoms with Crippen LogP contribution in [0.15, 0.2) is 0 Å². The lowest BCUT2D eigenvalue weighted by atomic mass is 9.68. The number of hydrogen-bond acceptors (Lipinski definition) is 1. The molecule has 1 saturated carbocycles. The molecule has 0 saturated heterocycles. The van der Waals surface area contributed by atoms with Crippen molar-refractivity contribution in [1.82, 2.24) is 0 Å². The highest BCUT2D eigenvalue weighted by atomic mass is 16.3. The molecule has 1 rings (SSSR count). The lowest BCUT2D eigenvalue weighted by molar-refractivity contribution is 0.0268. The van der Waals surface area contributed by atoms with Gasteiger partial charge in [-0.15, -0.1) is 0 Å².